The van der Waals surface area contributed by atoms with Crippen LogP contribution in [0.1, 0.15) is 45.4 Å². The van der Waals surface area contributed by atoms with Gasteiger partial charge in [0.15, 0.2) is 0 Å². The molecule has 6 nitrogen and oxygen atoms in total. The smallest absolute Gasteiger partial charge is 0.217 e. The number of hydrogen-bond donors (Lipinski definition) is 1. The second kappa shape index (κ2) is 6.52. The molecule has 0 amide bonds. The number of nitrogens with zero attached hydrogens (tertiary/aromatic N) is 1. The van der Waals surface area contributed by atoms with E-state index >= 15 is 0 Å². The summed E-state index contributed by atoms with van der Waals surface area (Å²) < 4.78 is 50.1. The fraction of sp³-hybridized carbons (Fsp3) is 1.00. The fourth-order valence-corrected chi connectivity index (χ4v) is 7.29. The molecule has 1 N–H and O–H groups in total. The van der Waals surface area contributed by atoms with Crippen molar-refractivity contribution >= 4 is 19.9 Å². The van der Waals surface area contributed by atoms with Gasteiger partial charge < -0.3 is 5.11 Å². The van der Waals surface area contributed by atoms with Crippen LogP contribution in [0.5, 0.6) is 0 Å². The third kappa shape index (κ3) is 4.18. The van der Waals surface area contributed by atoms with E-state index in [9.17, 15) is 21.9 Å². The van der Waals surface area contributed by atoms with Crippen LogP contribution in [0.3, 0.4) is 0 Å². The first-order valence-corrected chi connectivity index (χ1v) is 10.9. The van der Waals surface area contributed by atoms with E-state index in [1.165, 1.54) is 4.31 Å². The van der Waals surface area contributed by atoms with E-state index in [0.29, 0.717) is 13.0 Å². The molecule has 0 spiro atoms. The molecule has 2 aliphatic rings. The lowest BCUT2D eigenvalue weighted by Crippen LogP contribution is -2.50. The van der Waals surface area contributed by atoms with E-state index in [1.807, 2.05) is 0 Å². The number of aliphatic hydroxyl groups is 1. The highest BCUT2D eigenvalue weighted by molar-refractivity contribution is 7.92. The Morgan fingerprint density at radius 1 is 1.19 bits per heavy atom. The molecule has 2 unspecified atom stereocenters. The average Bonchev–Trinajstić information content (AvgIpc) is 2.38. The van der Waals surface area contributed by atoms with Crippen molar-refractivity contribution in [2.24, 2.45) is 0 Å². The quantitative estimate of drug-likeness (QED) is 0.806. The molecule has 0 aromatic heterocycles. The van der Waals surface area contributed by atoms with Crippen LogP contribution in [-0.2, 0) is 19.9 Å². The van der Waals surface area contributed by atoms with Gasteiger partial charge in [-0.2, -0.15) is 4.31 Å². The molecule has 2 atom stereocenters. The van der Waals surface area contributed by atoms with Gasteiger partial charge in [-0.15, -0.1) is 0 Å². The Hall–Kier alpha value is -0.180. The van der Waals surface area contributed by atoms with Crippen LogP contribution in [0.2, 0.25) is 0 Å². The summed E-state index contributed by atoms with van der Waals surface area (Å²) in [4.78, 5) is 0. The third-order valence-electron chi connectivity index (χ3n) is 4.44. The Kier molecular flexibility index (Phi) is 5.33. The van der Waals surface area contributed by atoms with E-state index in [2.05, 4.69) is 0 Å². The minimum absolute atomic E-state index is 0.0359. The van der Waals surface area contributed by atoms with Gasteiger partial charge in [0.05, 0.1) is 22.9 Å². The average molecular weight is 339 g/mol. The maximum atomic E-state index is 12.8. The zero-order valence-corrected chi connectivity index (χ0v) is 14.1. The van der Waals surface area contributed by atoms with Crippen molar-refractivity contribution in [1.82, 2.24) is 4.31 Å². The SMILES string of the molecule is CC(O)CC1CCCCN1S(=O)(=O)C1CCS(=O)(=O)CC1. The first-order chi connectivity index (χ1) is 9.72. The van der Waals surface area contributed by atoms with Crippen molar-refractivity contribution < 1.29 is 21.9 Å². The van der Waals surface area contributed by atoms with E-state index in [0.717, 1.165) is 19.3 Å². The van der Waals surface area contributed by atoms with Crippen LogP contribution < -0.4 is 0 Å². The maximum Gasteiger partial charge on any atom is 0.217 e. The van der Waals surface area contributed by atoms with Gasteiger partial charge >= 0.3 is 0 Å². The molecule has 124 valence electrons. The molecule has 2 fully saturated rings. The highest BCUT2D eigenvalue weighted by Gasteiger charge is 2.40. The number of hydrogen-bond acceptors (Lipinski definition) is 5. The van der Waals surface area contributed by atoms with Crippen molar-refractivity contribution in [1.29, 1.82) is 0 Å². The third-order valence-corrected chi connectivity index (χ3v) is 8.60. The van der Waals surface area contributed by atoms with Crippen LogP contribution in [0.15, 0.2) is 0 Å². The van der Waals surface area contributed by atoms with Crippen molar-refractivity contribution in [2.75, 3.05) is 18.1 Å². The van der Waals surface area contributed by atoms with Crippen molar-refractivity contribution in [3.63, 3.8) is 0 Å². The van der Waals surface area contributed by atoms with E-state index in [-0.39, 0.29) is 30.4 Å². The van der Waals surface area contributed by atoms with E-state index < -0.39 is 31.2 Å². The second-order valence-corrected chi connectivity index (χ2v) is 10.7. The lowest BCUT2D eigenvalue weighted by molar-refractivity contribution is 0.131. The largest absolute Gasteiger partial charge is 0.393 e. The van der Waals surface area contributed by atoms with Gasteiger partial charge in [-0.1, -0.05) is 6.42 Å². The van der Waals surface area contributed by atoms with Crippen LogP contribution in [0.4, 0.5) is 0 Å². The summed E-state index contributed by atoms with van der Waals surface area (Å²) in [6, 6.07) is -0.151. The molecule has 2 rings (SSSR count). The summed E-state index contributed by atoms with van der Waals surface area (Å²) in [6.45, 7) is 2.16. The number of sulfone groups is 1. The molecule has 8 heteroatoms. The summed E-state index contributed by atoms with van der Waals surface area (Å²) in [5.41, 5.74) is 0. The minimum Gasteiger partial charge on any atom is -0.393 e. The molecule has 0 bridgehead atoms. The molecule has 0 aliphatic carbocycles. The zero-order chi connectivity index (χ0) is 15.7. The maximum absolute atomic E-state index is 12.8. The van der Waals surface area contributed by atoms with Gasteiger partial charge in [0, 0.05) is 12.6 Å². The van der Waals surface area contributed by atoms with Crippen molar-refractivity contribution in [3.8, 4) is 0 Å². The molecule has 0 aromatic carbocycles. The lowest BCUT2D eigenvalue weighted by atomic mass is 10.00. The predicted molar refractivity (Wildman–Crippen MR) is 81.2 cm³/mol. The number of rotatable bonds is 4. The topological polar surface area (TPSA) is 91.8 Å². The first kappa shape index (κ1) is 17.2. The highest BCUT2D eigenvalue weighted by atomic mass is 32.2. The summed E-state index contributed by atoms with van der Waals surface area (Å²) >= 11 is 0. The summed E-state index contributed by atoms with van der Waals surface area (Å²) in [5, 5.41) is 8.98. The van der Waals surface area contributed by atoms with Crippen LogP contribution >= 0.6 is 0 Å². The molecule has 0 radical (unpaired) electrons. The monoisotopic (exact) mass is 339 g/mol. The Balaban J connectivity index is 2.13. The molecule has 0 saturated carbocycles. The Labute approximate surface area is 127 Å². The van der Waals surface area contributed by atoms with Crippen molar-refractivity contribution in [3.05, 3.63) is 0 Å². The minimum atomic E-state index is -3.47. The van der Waals surface area contributed by atoms with E-state index in [4.69, 9.17) is 0 Å². The molecule has 0 aromatic rings. The van der Waals surface area contributed by atoms with Gasteiger partial charge in [0.25, 0.3) is 0 Å². The van der Waals surface area contributed by atoms with Crippen LogP contribution in [0, 0.1) is 0 Å². The Bertz CT molecular complexity index is 541. The number of piperidine rings is 1. The molecule has 21 heavy (non-hydrogen) atoms. The first-order valence-electron chi connectivity index (χ1n) is 7.61. The van der Waals surface area contributed by atoms with Gasteiger partial charge in [-0.05, 0) is 39.0 Å². The number of sulfonamides is 1. The molecular formula is C13H25NO5S2. The standard InChI is InChI=1S/C13H25NO5S2/c1-11(15)10-12-4-2-3-7-14(12)21(18,19)13-5-8-20(16,17)9-6-13/h11-13,15H,2-10H2,1H3. The van der Waals surface area contributed by atoms with Crippen LogP contribution in [-0.4, -0.2) is 61.7 Å². The zero-order valence-electron chi connectivity index (χ0n) is 12.4. The van der Waals surface area contributed by atoms with E-state index in [1.54, 1.807) is 6.92 Å². The van der Waals surface area contributed by atoms with Gasteiger partial charge in [0.2, 0.25) is 10.0 Å². The molecule has 2 saturated heterocycles. The van der Waals surface area contributed by atoms with Crippen molar-refractivity contribution in [2.45, 2.75) is 62.8 Å². The number of aliphatic hydroxyl groups excluding tert-OH is 1. The predicted octanol–water partition coefficient (Wildman–Crippen LogP) is 0.519. The van der Waals surface area contributed by atoms with Crippen LogP contribution in [0.25, 0.3) is 0 Å². The van der Waals surface area contributed by atoms with Gasteiger partial charge in [0.1, 0.15) is 9.84 Å². The summed E-state index contributed by atoms with van der Waals surface area (Å²) in [6.07, 6.45) is 2.89. The Morgan fingerprint density at radius 2 is 1.81 bits per heavy atom. The Morgan fingerprint density at radius 3 is 2.38 bits per heavy atom. The van der Waals surface area contributed by atoms with Gasteiger partial charge in [-0.3, -0.25) is 0 Å². The molecular weight excluding hydrogens is 314 g/mol. The lowest BCUT2D eigenvalue weighted by Gasteiger charge is -2.38. The second-order valence-electron chi connectivity index (χ2n) is 6.24. The summed E-state index contributed by atoms with van der Waals surface area (Å²) in [7, 11) is -6.53. The van der Waals surface area contributed by atoms with Gasteiger partial charge in [-0.25, -0.2) is 16.8 Å². The normalized spacial score (nSPS) is 30.1. The highest BCUT2D eigenvalue weighted by Crippen LogP contribution is 2.29. The molecule has 2 heterocycles. The fourth-order valence-electron chi connectivity index (χ4n) is 3.30. The molecule has 2 aliphatic heterocycles. The summed E-state index contributed by atoms with van der Waals surface area (Å²) in [5.74, 6) is -0.0718.